The minimum atomic E-state index is 0.0401. The summed E-state index contributed by atoms with van der Waals surface area (Å²) in [4.78, 5) is 28.3. The molecule has 5 nitrogen and oxygen atoms in total. The zero-order valence-electron chi connectivity index (χ0n) is 13.5. The molecule has 0 aromatic heterocycles. The van der Waals surface area contributed by atoms with E-state index in [4.69, 9.17) is 0 Å². The number of nitrogens with zero attached hydrogens (tertiary/aromatic N) is 2. The number of rotatable bonds is 4. The summed E-state index contributed by atoms with van der Waals surface area (Å²) in [5.74, 6) is 0.143. The van der Waals surface area contributed by atoms with Crippen LogP contribution in [0, 0.1) is 0 Å². The van der Waals surface area contributed by atoms with Crippen LogP contribution in [0.15, 0.2) is 12.2 Å². The maximum absolute atomic E-state index is 12.5. The number of carbonyl (C=O) groups is 2. The van der Waals surface area contributed by atoms with E-state index in [9.17, 15) is 9.59 Å². The average molecular weight is 305 g/mol. The van der Waals surface area contributed by atoms with Crippen LogP contribution < -0.4 is 5.32 Å². The normalized spacial score (nSPS) is 27.8. The van der Waals surface area contributed by atoms with E-state index in [1.54, 1.807) is 6.92 Å². The fourth-order valence-corrected chi connectivity index (χ4v) is 3.62. The van der Waals surface area contributed by atoms with E-state index >= 15 is 0 Å². The van der Waals surface area contributed by atoms with E-state index < -0.39 is 0 Å². The van der Waals surface area contributed by atoms with Gasteiger partial charge in [0.25, 0.3) is 0 Å². The highest BCUT2D eigenvalue weighted by molar-refractivity contribution is 5.76. The van der Waals surface area contributed by atoms with Crippen LogP contribution in [0.25, 0.3) is 0 Å². The summed E-state index contributed by atoms with van der Waals surface area (Å²) in [5, 5.41) is 3.13. The summed E-state index contributed by atoms with van der Waals surface area (Å²) in [7, 11) is 0. The van der Waals surface area contributed by atoms with E-state index in [0.717, 1.165) is 51.5 Å². The van der Waals surface area contributed by atoms with Crippen molar-refractivity contribution < 1.29 is 9.59 Å². The Kier molecular flexibility index (Phi) is 4.69. The van der Waals surface area contributed by atoms with Crippen molar-refractivity contribution in [3.63, 3.8) is 0 Å². The van der Waals surface area contributed by atoms with Crippen LogP contribution in [0.1, 0.15) is 51.9 Å². The SMILES string of the molecule is CC(=O)N(C[C@H]1CCCN1C(=O)N[C@@H]1C=CCCC1)C1CC1. The Morgan fingerprint density at radius 2 is 2.05 bits per heavy atom. The van der Waals surface area contributed by atoms with Crippen molar-refractivity contribution in [2.45, 2.75) is 70.0 Å². The Hall–Kier alpha value is -1.52. The zero-order chi connectivity index (χ0) is 15.5. The minimum Gasteiger partial charge on any atom is -0.338 e. The number of amides is 3. The Labute approximate surface area is 132 Å². The molecule has 2 aliphatic carbocycles. The molecule has 3 amide bonds. The minimum absolute atomic E-state index is 0.0401. The first kappa shape index (κ1) is 15.4. The van der Waals surface area contributed by atoms with Crippen LogP contribution in [0.2, 0.25) is 0 Å². The molecule has 0 radical (unpaired) electrons. The van der Waals surface area contributed by atoms with Crippen LogP contribution in [-0.4, -0.2) is 53.0 Å². The van der Waals surface area contributed by atoms with Crippen LogP contribution in [0.3, 0.4) is 0 Å². The van der Waals surface area contributed by atoms with Crippen LogP contribution in [0.5, 0.6) is 0 Å². The number of nitrogens with one attached hydrogen (secondary N) is 1. The van der Waals surface area contributed by atoms with Crippen molar-refractivity contribution in [1.82, 2.24) is 15.1 Å². The zero-order valence-corrected chi connectivity index (χ0v) is 13.5. The molecule has 3 rings (SSSR count). The number of carbonyl (C=O) groups excluding carboxylic acids is 2. The van der Waals surface area contributed by atoms with Crippen LogP contribution >= 0.6 is 0 Å². The van der Waals surface area contributed by atoms with Gasteiger partial charge in [-0.05, 0) is 44.9 Å². The highest BCUT2D eigenvalue weighted by Gasteiger charge is 2.36. The number of allylic oxidation sites excluding steroid dienone is 1. The lowest BCUT2D eigenvalue weighted by molar-refractivity contribution is -0.130. The lowest BCUT2D eigenvalue weighted by atomic mass is 10.0. The Morgan fingerprint density at radius 3 is 2.68 bits per heavy atom. The second-order valence-electron chi connectivity index (χ2n) is 6.81. The Morgan fingerprint density at radius 1 is 1.23 bits per heavy atom. The lowest BCUT2D eigenvalue weighted by Gasteiger charge is -2.31. The molecule has 0 bridgehead atoms. The average Bonchev–Trinajstić information content (AvgIpc) is 3.23. The summed E-state index contributed by atoms with van der Waals surface area (Å²) in [6.07, 6.45) is 11.8. The fraction of sp³-hybridized carbons (Fsp3) is 0.765. The maximum Gasteiger partial charge on any atom is 0.318 e. The number of urea groups is 1. The third-order valence-corrected chi connectivity index (χ3v) is 5.00. The van der Waals surface area contributed by atoms with Crippen molar-refractivity contribution >= 4 is 11.9 Å². The molecule has 3 aliphatic rings. The predicted octanol–water partition coefficient (Wildman–Crippen LogP) is 2.28. The first-order valence-corrected chi connectivity index (χ1v) is 8.66. The van der Waals surface area contributed by atoms with Gasteiger partial charge in [-0.1, -0.05) is 12.2 Å². The number of hydrogen-bond donors (Lipinski definition) is 1. The van der Waals surface area contributed by atoms with Crippen molar-refractivity contribution in [3.8, 4) is 0 Å². The second kappa shape index (κ2) is 6.71. The van der Waals surface area contributed by atoms with Gasteiger partial charge in [-0.2, -0.15) is 0 Å². The maximum atomic E-state index is 12.5. The van der Waals surface area contributed by atoms with E-state index in [2.05, 4.69) is 17.5 Å². The molecular weight excluding hydrogens is 278 g/mol. The Bertz CT molecular complexity index is 459. The molecule has 1 N–H and O–H groups in total. The van der Waals surface area contributed by atoms with Gasteiger partial charge in [-0.15, -0.1) is 0 Å². The first-order chi connectivity index (χ1) is 10.6. The molecular formula is C17H27N3O2. The molecule has 0 spiro atoms. The van der Waals surface area contributed by atoms with Gasteiger partial charge in [-0.3, -0.25) is 4.79 Å². The topological polar surface area (TPSA) is 52.7 Å². The van der Waals surface area contributed by atoms with Gasteiger partial charge >= 0.3 is 6.03 Å². The number of hydrogen-bond acceptors (Lipinski definition) is 2. The monoisotopic (exact) mass is 305 g/mol. The van der Waals surface area contributed by atoms with Gasteiger partial charge in [0.1, 0.15) is 0 Å². The Balaban J connectivity index is 1.57. The van der Waals surface area contributed by atoms with Crippen molar-refractivity contribution in [2.24, 2.45) is 0 Å². The molecule has 22 heavy (non-hydrogen) atoms. The molecule has 2 atom stereocenters. The highest BCUT2D eigenvalue weighted by Crippen LogP contribution is 2.29. The standard InChI is InChI=1S/C17H27N3O2/c1-13(21)20(15-9-10-15)12-16-8-5-11-19(16)17(22)18-14-6-3-2-4-7-14/h3,6,14-16H,2,4-5,7-12H2,1H3,(H,18,22)/t14-,16-/m1/s1. The molecule has 1 aliphatic heterocycles. The molecule has 1 saturated carbocycles. The smallest absolute Gasteiger partial charge is 0.318 e. The molecule has 1 saturated heterocycles. The third-order valence-electron chi connectivity index (χ3n) is 5.00. The largest absolute Gasteiger partial charge is 0.338 e. The van der Waals surface area contributed by atoms with Gasteiger partial charge < -0.3 is 15.1 Å². The summed E-state index contributed by atoms with van der Waals surface area (Å²) >= 11 is 0. The van der Waals surface area contributed by atoms with E-state index in [1.165, 1.54) is 0 Å². The van der Waals surface area contributed by atoms with E-state index in [1.807, 2.05) is 9.80 Å². The van der Waals surface area contributed by atoms with Crippen molar-refractivity contribution in [1.29, 1.82) is 0 Å². The van der Waals surface area contributed by atoms with Gasteiger partial charge in [0.05, 0.1) is 6.04 Å². The summed E-state index contributed by atoms with van der Waals surface area (Å²) < 4.78 is 0. The van der Waals surface area contributed by atoms with Gasteiger partial charge in [0, 0.05) is 32.1 Å². The number of likely N-dealkylation sites (tertiary alicyclic amines) is 1. The molecule has 1 heterocycles. The van der Waals surface area contributed by atoms with Crippen molar-refractivity contribution in [3.05, 3.63) is 12.2 Å². The van der Waals surface area contributed by atoms with E-state index in [0.29, 0.717) is 12.6 Å². The van der Waals surface area contributed by atoms with Gasteiger partial charge in [0.2, 0.25) is 5.91 Å². The molecule has 0 aromatic rings. The van der Waals surface area contributed by atoms with Crippen LogP contribution in [0.4, 0.5) is 4.79 Å². The predicted molar refractivity (Wildman–Crippen MR) is 85.4 cm³/mol. The summed E-state index contributed by atoms with van der Waals surface area (Å²) in [5.41, 5.74) is 0. The van der Waals surface area contributed by atoms with E-state index in [-0.39, 0.29) is 24.0 Å². The summed E-state index contributed by atoms with van der Waals surface area (Å²) in [6, 6.07) is 0.814. The quantitative estimate of drug-likeness (QED) is 0.810. The summed E-state index contributed by atoms with van der Waals surface area (Å²) in [6.45, 7) is 3.15. The molecule has 0 unspecified atom stereocenters. The van der Waals surface area contributed by atoms with Gasteiger partial charge in [-0.25, -0.2) is 4.79 Å². The van der Waals surface area contributed by atoms with Gasteiger partial charge in [0.15, 0.2) is 0 Å². The van der Waals surface area contributed by atoms with Crippen LogP contribution in [-0.2, 0) is 4.79 Å². The molecule has 122 valence electrons. The fourth-order valence-electron chi connectivity index (χ4n) is 3.62. The highest BCUT2D eigenvalue weighted by atomic mass is 16.2. The van der Waals surface area contributed by atoms with Crippen molar-refractivity contribution in [2.75, 3.05) is 13.1 Å². The molecule has 2 fully saturated rings. The lowest BCUT2D eigenvalue weighted by Crippen LogP contribution is -2.50. The molecule has 5 heteroatoms. The third kappa shape index (κ3) is 3.62. The first-order valence-electron chi connectivity index (χ1n) is 8.66. The molecule has 0 aromatic carbocycles. The second-order valence-corrected chi connectivity index (χ2v) is 6.81.